The number of ether oxygens (including phenoxy) is 1. The highest BCUT2D eigenvalue weighted by atomic mass is 16.5. The van der Waals surface area contributed by atoms with E-state index in [1.807, 2.05) is 12.1 Å². The van der Waals surface area contributed by atoms with Crippen molar-refractivity contribution in [3.05, 3.63) is 36.2 Å². The molecule has 0 fully saturated rings. The summed E-state index contributed by atoms with van der Waals surface area (Å²) in [6, 6.07) is 4.04. The van der Waals surface area contributed by atoms with E-state index in [2.05, 4.69) is 28.6 Å². The monoisotopic (exact) mass is 221 g/mol. The first-order valence-corrected chi connectivity index (χ1v) is 5.64. The van der Waals surface area contributed by atoms with E-state index in [-0.39, 0.29) is 5.97 Å². The molecule has 0 saturated carbocycles. The predicted molar refractivity (Wildman–Crippen MR) is 64.1 cm³/mol. The summed E-state index contributed by atoms with van der Waals surface area (Å²) in [6.07, 6.45) is 8.61. The van der Waals surface area contributed by atoms with Gasteiger partial charge in [-0.05, 0) is 31.4 Å². The minimum Gasteiger partial charge on any atom is -0.466 e. The van der Waals surface area contributed by atoms with E-state index < -0.39 is 0 Å². The Kier molecular flexibility index (Phi) is 5.40. The second-order valence-electron chi connectivity index (χ2n) is 3.70. The van der Waals surface area contributed by atoms with E-state index >= 15 is 0 Å². The number of aromatic nitrogens is 1. The van der Waals surface area contributed by atoms with Gasteiger partial charge in [0.15, 0.2) is 0 Å². The summed E-state index contributed by atoms with van der Waals surface area (Å²) in [6.45, 7) is 3.05. The number of nitrogens with zero attached hydrogens (tertiary/aromatic N) is 1. The number of allylic oxidation sites excluding steroid dienone is 1. The van der Waals surface area contributed by atoms with E-state index in [0.29, 0.717) is 0 Å². The highest BCUT2D eigenvalue weighted by Gasteiger charge is 2.00. The maximum Gasteiger partial charge on any atom is 0.330 e. The molecule has 0 atom stereocenters. The van der Waals surface area contributed by atoms with Crippen LogP contribution in [0, 0.1) is 0 Å². The summed E-state index contributed by atoms with van der Waals surface area (Å²) in [7, 11) is 1.41. The minimum atomic E-state index is -0.252. The largest absolute Gasteiger partial charge is 0.466 e. The van der Waals surface area contributed by atoms with E-state index in [1.165, 1.54) is 7.11 Å². The second kappa shape index (κ2) is 6.88. The first-order chi connectivity index (χ1) is 7.76. The van der Waals surface area contributed by atoms with Crippen molar-refractivity contribution in [1.29, 1.82) is 0 Å². The Labute approximate surface area is 96.7 Å². The molecule has 0 aliphatic rings. The Balaban J connectivity index is 2.34. The highest BCUT2D eigenvalue weighted by molar-refractivity contribution is 5.82. The van der Waals surface area contributed by atoms with Crippen LogP contribution in [0.1, 0.15) is 26.2 Å². The molecule has 0 aliphatic heterocycles. The quantitative estimate of drug-likeness (QED) is 0.546. The molecule has 3 heteroatoms. The van der Waals surface area contributed by atoms with Crippen LogP contribution in [0.2, 0.25) is 0 Å². The molecule has 0 spiro atoms. The molecule has 16 heavy (non-hydrogen) atoms. The lowest BCUT2D eigenvalue weighted by molar-refractivity contribution is -0.134. The van der Waals surface area contributed by atoms with Crippen molar-refractivity contribution in [3.8, 4) is 0 Å². The summed E-state index contributed by atoms with van der Waals surface area (Å²) in [5.41, 5.74) is 1.15. The van der Waals surface area contributed by atoms with Gasteiger partial charge in [-0.25, -0.2) is 4.79 Å². The number of carbonyl (C=O) groups is 1. The highest BCUT2D eigenvalue weighted by Crippen LogP contribution is 2.10. The number of aryl methyl sites for hydroxylation is 1. The zero-order valence-corrected chi connectivity index (χ0v) is 9.98. The van der Waals surface area contributed by atoms with Gasteiger partial charge in [0.05, 0.1) is 7.11 Å². The van der Waals surface area contributed by atoms with Crippen molar-refractivity contribution in [1.82, 2.24) is 4.57 Å². The minimum absolute atomic E-state index is 0.252. The molecule has 0 aromatic carbocycles. The third kappa shape index (κ3) is 4.34. The molecule has 3 nitrogen and oxygen atoms in total. The van der Waals surface area contributed by atoms with Crippen molar-refractivity contribution in [2.75, 3.05) is 7.11 Å². The molecule has 1 aromatic rings. The Morgan fingerprint density at radius 3 is 2.62 bits per heavy atom. The van der Waals surface area contributed by atoms with Gasteiger partial charge in [0.1, 0.15) is 0 Å². The van der Waals surface area contributed by atoms with Crippen LogP contribution in [0.25, 0.3) is 0 Å². The molecule has 0 N–H and O–H groups in total. The fourth-order valence-electron chi connectivity index (χ4n) is 1.58. The predicted octanol–water partition coefficient (Wildman–Crippen LogP) is 2.78. The number of rotatable bonds is 6. The molecule has 1 heterocycles. The standard InChI is InChI=1S/C13H19NO2/c1-3-12(11-13(15)16-2)7-6-10-14-8-4-5-9-14/h4-5,8-9,11H,3,6-7,10H2,1-2H3/b12-11+. The van der Waals surface area contributed by atoms with Crippen LogP contribution in [0.5, 0.6) is 0 Å². The third-order valence-electron chi connectivity index (χ3n) is 2.56. The molecule has 0 saturated heterocycles. The Morgan fingerprint density at radius 1 is 1.38 bits per heavy atom. The molecule has 0 radical (unpaired) electrons. The maximum atomic E-state index is 11.1. The number of hydrogen-bond donors (Lipinski definition) is 0. The Hall–Kier alpha value is -1.51. The molecule has 0 aliphatic carbocycles. The van der Waals surface area contributed by atoms with Gasteiger partial charge in [-0.1, -0.05) is 12.5 Å². The van der Waals surface area contributed by atoms with E-state index in [1.54, 1.807) is 6.08 Å². The van der Waals surface area contributed by atoms with Gasteiger partial charge < -0.3 is 9.30 Å². The number of hydrogen-bond acceptors (Lipinski definition) is 2. The molecule has 0 unspecified atom stereocenters. The summed E-state index contributed by atoms with van der Waals surface area (Å²) in [4.78, 5) is 11.1. The van der Waals surface area contributed by atoms with Gasteiger partial charge in [0.25, 0.3) is 0 Å². The summed E-state index contributed by atoms with van der Waals surface area (Å²) < 4.78 is 6.76. The van der Waals surface area contributed by atoms with Gasteiger partial charge in [0, 0.05) is 25.0 Å². The van der Waals surface area contributed by atoms with Crippen molar-refractivity contribution in [2.45, 2.75) is 32.7 Å². The molecule has 1 aromatic heterocycles. The fourth-order valence-corrected chi connectivity index (χ4v) is 1.58. The number of methoxy groups -OCH3 is 1. The lowest BCUT2D eigenvalue weighted by atomic mass is 10.1. The number of esters is 1. The van der Waals surface area contributed by atoms with Crippen molar-refractivity contribution in [3.63, 3.8) is 0 Å². The maximum absolute atomic E-state index is 11.1. The van der Waals surface area contributed by atoms with Crippen LogP contribution < -0.4 is 0 Å². The summed E-state index contributed by atoms with van der Waals surface area (Å²) in [5, 5.41) is 0. The lowest BCUT2D eigenvalue weighted by Gasteiger charge is -2.05. The second-order valence-corrected chi connectivity index (χ2v) is 3.70. The van der Waals surface area contributed by atoms with Gasteiger partial charge in [-0.15, -0.1) is 0 Å². The average molecular weight is 221 g/mol. The van der Waals surface area contributed by atoms with Crippen LogP contribution in [0.3, 0.4) is 0 Å². The zero-order valence-electron chi connectivity index (χ0n) is 9.98. The van der Waals surface area contributed by atoms with Crippen LogP contribution in [-0.2, 0) is 16.1 Å². The van der Waals surface area contributed by atoms with Gasteiger partial charge >= 0.3 is 5.97 Å². The molecule has 0 amide bonds. The van der Waals surface area contributed by atoms with Gasteiger partial charge in [-0.2, -0.15) is 0 Å². The van der Waals surface area contributed by atoms with Gasteiger partial charge in [-0.3, -0.25) is 0 Å². The normalized spacial score (nSPS) is 11.5. The third-order valence-corrected chi connectivity index (χ3v) is 2.56. The molecule has 1 rings (SSSR count). The summed E-state index contributed by atoms with van der Waals surface area (Å²) in [5.74, 6) is -0.252. The van der Waals surface area contributed by atoms with Crippen LogP contribution in [0.15, 0.2) is 36.2 Å². The van der Waals surface area contributed by atoms with E-state index in [4.69, 9.17) is 0 Å². The molecular weight excluding hydrogens is 202 g/mol. The first kappa shape index (κ1) is 12.6. The molecular formula is C13H19NO2. The molecule has 88 valence electrons. The van der Waals surface area contributed by atoms with Crippen molar-refractivity contribution < 1.29 is 9.53 Å². The van der Waals surface area contributed by atoms with Crippen LogP contribution >= 0.6 is 0 Å². The van der Waals surface area contributed by atoms with Crippen LogP contribution in [-0.4, -0.2) is 17.6 Å². The summed E-state index contributed by atoms with van der Waals surface area (Å²) >= 11 is 0. The van der Waals surface area contributed by atoms with Crippen molar-refractivity contribution >= 4 is 5.97 Å². The van der Waals surface area contributed by atoms with Crippen molar-refractivity contribution in [2.24, 2.45) is 0 Å². The van der Waals surface area contributed by atoms with E-state index in [0.717, 1.165) is 31.4 Å². The average Bonchev–Trinajstić information content (AvgIpc) is 2.80. The Morgan fingerprint density at radius 2 is 2.06 bits per heavy atom. The molecule has 0 bridgehead atoms. The zero-order chi connectivity index (χ0) is 11.8. The Bertz CT molecular complexity index is 339. The smallest absolute Gasteiger partial charge is 0.330 e. The SMILES string of the molecule is CC/C(=C\C(=O)OC)CCCn1cccc1. The fraction of sp³-hybridized carbons (Fsp3) is 0.462. The van der Waals surface area contributed by atoms with Crippen LogP contribution in [0.4, 0.5) is 0 Å². The topological polar surface area (TPSA) is 31.2 Å². The number of carbonyl (C=O) groups excluding carboxylic acids is 1. The van der Waals surface area contributed by atoms with E-state index in [9.17, 15) is 4.79 Å². The first-order valence-electron chi connectivity index (χ1n) is 5.64. The lowest BCUT2D eigenvalue weighted by Crippen LogP contribution is -1.99. The van der Waals surface area contributed by atoms with Gasteiger partial charge in [0.2, 0.25) is 0 Å².